The third-order valence-electron chi connectivity index (χ3n) is 5.47. The second-order valence-corrected chi connectivity index (χ2v) is 9.68. The molecule has 178 valence electrons. The van der Waals surface area contributed by atoms with Crippen molar-refractivity contribution in [1.82, 2.24) is 16.0 Å². The first kappa shape index (κ1) is 25.5. The molecule has 0 saturated heterocycles. The van der Waals surface area contributed by atoms with Crippen molar-refractivity contribution in [3.63, 3.8) is 0 Å². The molecule has 0 aromatic heterocycles. The van der Waals surface area contributed by atoms with E-state index < -0.39 is 17.2 Å². The van der Waals surface area contributed by atoms with E-state index in [0.717, 1.165) is 44.1 Å². The van der Waals surface area contributed by atoms with Crippen LogP contribution in [0.25, 0.3) is 0 Å². The number of benzene rings is 1. The van der Waals surface area contributed by atoms with E-state index >= 15 is 0 Å². The first-order chi connectivity index (χ1) is 15.0. The zero-order chi connectivity index (χ0) is 23.8. The van der Waals surface area contributed by atoms with Gasteiger partial charge in [0.2, 0.25) is 5.91 Å². The Balaban J connectivity index is 1.98. The van der Waals surface area contributed by atoms with Gasteiger partial charge in [0, 0.05) is 19.2 Å². The molecule has 0 unspecified atom stereocenters. The molecule has 1 aliphatic carbocycles. The number of amides is 4. The Morgan fingerprint density at radius 1 is 1.09 bits per heavy atom. The second kappa shape index (κ2) is 11.2. The van der Waals surface area contributed by atoms with Crippen LogP contribution >= 0.6 is 0 Å². The quantitative estimate of drug-likeness (QED) is 0.478. The molecule has 1 saturated carbocycles. The van der Waals surface area contributed by atoms with E-state index in [2.05, 4.69) is 21.3 Å². The zero-order valence-corrected chi connectivity index (χ0v) is 20.0. The lowest BCUT2D eigenvalue weighted by atomic mass is 9.90. The predicted octanol–water partition coefficient (Wildman–Crippen LogP) is 4.62. The molecule has 2 rings (SSSR count). The molecule has 4 N–H and O–H groups in total. The van der Waals surface area contributed by atoms with Crippen LogP contribution in [0.2, 0.25) is 0 Å². The largest absolute Gasteiger partial charge is 0.444 e. The van der Waals surface area contributed by atoms with Gasteiger partial charge in [-0.15, -0.1) is 0 Å². The van der Waals surface area contributed by atoms with E-state index in [1.54, 1.807) is 6.07 Å². The van der Waals surface area contributed by atoms with Gasteiger partial charge in [-0.1, -0.05) is 37.8 Å². The summed E-state index contributed by atoms with van der Waals surface area (Å²) in [6.45, 7) is 9.17. The van der Waals surface area contributed by atoms with E-state index in [1.807, 2.05) is 45.9 Å². The smallest absolute Gasteiger partial charge is 0.408 e. The fourth-order valence-corrected chi connectivity index (χ4v) is 3.94. The highest BCUT2D eigenvalue weighted by molar-refractivity contribution is 5.88. The van der Waals surface area contributed by atoms with Gasteiger partial charge in [0.15, 0.2) is 0 Å². The van der Waals surface area contributed by atoms with Crippen molar-refractivity contribution in [3.05, 3.63) is 29.8 Å². The van der Waals surface area contributed by atoms with Gasteiger partial charge in [-0.05, 0) is 58.2 Å². The van der Waals surface area contributed by atoms with Gasteiger partial charge in [0.1, 0.15) is 5.60 Å². The molecule has 1 aromatic rings. The Labute approximate surface area is 191 Å². The van der Waals surface area contributed by atoms with Gasteiger partial charge in [0.25, 0.3) is 0 Å². The van der Waals surface area contributed by atoms with Crippen LogP contribution in [-0.2, 0) is 9.53 Å². The lowest BCUT2D eigenvalue weighted by Gasteiger charge is -2.35. The fraction of sp³-hybridized carbons (Fsp3) is 0.625. The number of anilines is 1. The SMILES string of the molecule is CC(=O)Nc1cccc([C@H](C)NC(=O)NCC2(NC(=O)OC(C)(C)C)CCCCCC2)c1. The normalized spacial score (nSPS) is 16.8. The molecule has 0 spiro atoms. The standard InChI is InChI=1S/C24H38N4O4/c1-17(19-11-10-12-20(15-19)27-18(2)29)26-21(30)25-16-24(13-8-6-7-9-14-24)28-22(31)32-23(3,4)5/h10-12,15,17H,6-9,13-14,16H2,1-5H3,(H,27,29)(H,28,31)(H2,25,26,30)/t17-/m0/s1. The zero-order valence-electron chi connectivity index (χ0n) is 20.0. The van der Waals surface area contributed by atoms with E-state index in [-0.39, 0.29) is 18.0 Å². The van der Waals surface area contributed by atoms with Crippen molar-refractivity contribution in [2.45, 2.75) is 90.3 Å². The molecule has 1 aromatic carbocycles. The maximum Gasteiger partial charge on any atom is 0.408 e. The Kier molecular flexibility index (Phi) is 8.92. The van der Waals surface area contributed by atoms with Crippen molar-refractivity contribution in [3.8, 4) is 0 Å². The number of rotatable bonds is 6. The van der Waals surface area contributed by atoms with Crippen LogP contribution in [0.5, 0.6) is 0 Å². The van der Waals surface area contributed by atoms with Crippen molar-refractivity contribution >= 4 is 23.7 Å². The van der Waals surface area contributed by atoms with Gasteiger partial charge in [-0.3, -0.25) is 4.79 Å². The molecule has 1 fully saturated rings. The minimum Gasteiger partial charge on any atom is -0.444 e. The molecule has 1 aliphatic rings. The third kappa shape index (κ3) is 8.77. The number of alkyl carbamates (subject to hydrolysis) is 1. The summed E-state index contributed by atoms with van der Waals surface area (Å²) in [7, 11) is 0. The lowest BCUT2D eigenvalue weighted by molar-refractivity contribution is -0.114. The summed E-state index contributed by atoms with van der Waals surface area (Å²) in [6, 6.07) is 6.80. The van der Waals surface area contributed by atoms with Crippen molar-refractivity contribution in [1.29, 1.82) is 0 Å². The number of hydrogen-bond acceptors (Lipinski definition) is 4. The molecule has 32 heavy (non-hydrogen) atoms. The summed E-state index contributed by atoms with van der Waals surface area (Å²) in [5.41, 5.74) is 0.456. The fourth-order valence-electron chi connectivity index (χ4n) is 3.94. The molecule has 0 radical (unpaired) electrons. The number of nitrogens with one attached hydrogen (secondary N) is 4. The van der Waals surface area contributed by atoms with Gasteiger partial charge in [-0.25, -0.2) is 9.59 Å². The van der Waals surface area contributed by atoms with Crippen molar-refractivity contribution in [2.24, 2.45) is 0 Å². The Hall–Kier alpha value is -2.77. The average Bonchev–Trinajstić information content (AvgIpc) is 2.90. The van der Waals surface area contributed by atoms with E-state index in [4.69, 9.17) is 4.74 Å². The van der Waals surface area contributed by atoms with Gasteiger partial charge >= 0.3 is 12.1 Å². The topological polar surface area (TPSA) is 109 Å². The lowest BCUT2D eigenvalue weighted by Crippen LogP contribution is -2.57. The maximum atomic E-state index is 12.6. The van der Waals surface area contributed by atoms with Crippen LogP contribution < -0.4 is 21.3 Å². The average molecular weight is 447 g/mol. The van der Waals surface area contributed by atoms with Crippen LogP contribution in [0.3, 0.4) is 0 Å². The number of hydrogen-bond donors (Lipinski definition) is 4. The first-order valence-electron chi connectivity index (χ1n) is 11.4. The molecule has 8 heteroatoms. The summed E-state index contributed by atoms with van der Waals surface area (Å²) in [5.74, 6) is -0.147. The Morgan fingerprint density at radius 2 is 1.75 bits per heavy atom. The number of ether oxygens (including phenoxy) is 1. The minimum atomic E-state index is -0.581. The molecule has 0 heterocycles. The molecule has 0 aliphatic heterocycles. The van der Waals surface area contributed by atoms with Crippen LogP contribution in [0, 0.1) is 0 Å². The molecular formula is C24H38N4O4. The van der Waals surface area contributed by atoms with Crippen LogP contribution in [-0.4, -0.2) is 35.7 Å². The second-order valence-electron chi connectivity index (χ2n) is 9.68. The summed E-state index contributed by atoms with van der Waals surface area (Å²) in [6.07, 6.45) is 5.35. The number of carbonyl (C=O) groups is 3. The molecular weight excluding hydrogens is 408 g/mol. The van der Waals surface area contributed by atoms with Crippen molar-refractivity contribution in [2.75, 3.05) is 11.9 Å². The minimum absolute atomic E-state index is 0.147. The number of urea groups is 1. The van der Waals surface area contributed by atoms with Gasteiger partial charge < -0.3 is 26.0 Å². The van der Waals surface area contributed by atoms with Crippen LogP contribution in [0.4, 0.5) is 15.3 Å². The molecule has 1 atom stereocenters. The van der Waals surface area contributed by atoms with E-state index in [9.17, 15) is 14.4 Å². The third-order valence-corrected chi connectivity index (χ3v) is 5.47. The van der Waals surface area contributed by atoms with Gasteiger partial charge in [-0.2, -0.15) is 0 Å². The van der Waals surface area contributed by atoms with E-state index in [0.29, 0.717) is 12.2 Å². The Morgan fingerprint density at radius 3 is 2.34 bits per heavy atom. The summed E-state index contributed by atoms with van der Waals surface area (Å²) >= 11 is 0. The Bertz CT molecular complexity index is 795. The highest BCUT2D eigenvalue weighted by atomic mass is 16.6. The highest BCUT2D eigenvalue weighted by Crippen LogP contribution is 2.27. The summed E-state index contributed by atoms with van der Waals surface area (Å²) < 4.78 is 5.47. The highest BCUT2D eigenvalue weighted by Gasteiger charge is 2.34. The maximum absolute atomic E-state index is 12.6. The van der Waals surface area contributed by atoms with Crippen molar-refractivity contribution < 1.29 is 19.1 Å². The number of carbonyl (C=O) groups excluding carboxylic acids is 3. The molecule has 0 bridgehead atoms. The first-order valence-corrected chi connectivity index (χ1v) is 11.4. The van der Waals surface area contributed by atoms with E-state index in [1.165, 1.54) is 6.92 Å². The molecule has 8 nitrogen and oxygen atoms in total. The monoisotopic (exact) mass is 446 g/mol. The predicted molar refractivity (Wildman–Crippen MR) is 125 cm³/mol. The summed E-state index contributed by atoms with van der Waals surface area (Å²) in [5, 5.41) is 11.7. The van der Waals surface area contributed by atoms with Gasteiger partial charge in [0.05, 0.1) is 11.6 Å². The van der Waals surface area contributed by atoms with Crippen LogP contribution in [0.15, 0.2) is 24.3 Å². The molecule has 4 amide bonds. The summed E-state index contributed by atoms with van der Waals surface area (Å²) in [4.78, 5) is 36.4. The van der Waals surface area contributed by atoms with Crippen LogP contribution in [0.1, 0.15) is 84.7 Å².